The zero-order valence-electron chi connectivity index (χ0n) is 27.8. The summed E-state index contributed by atoms with van der Waals surface area (Å²) in [5.74, 6) is 1.87. The molecule has 0 amide bonds. The summed E-state index contributed by atoms with van der Waals surface area (Å²) in [4.78, 5) is 20.1. The highest BCUT2D eigenvalue weighted by Crippen LogP contribution is 2.42. The highest BCUT2D eigenvalue weighted by Gasteiger charge is 2.19. The van der Waals surface area contributed by atoms with E-state index in [9.17, 15) is 0 Å². The molecule has 0 N–H and O–H groups in total. The smallest absolute Gasteiger partial charge is 0.164 e. The molecule has 5 nitrogen and oxygen atoms in total. The summed E-state index contributed by atoms with van der Waals surface area (Å²) >= 11 is 1.71. The van der Waals surface area contributed by atoms with Gasteiger partial charge in [0.05, 0.1) is 10.2 Å². The lowest BCUT2D eigenvalue weighted by atomic mass is 9.97. The van der Waals surface area contributed by atoms with Crippen LogP contribution in [0.15, 0.2) is 174 Å². The number of para-hydroxylation sites is 2. The van der Waals surface area contributed by atoms with Gasteiger partial charge in [0.25, 0.3) is 0 Å². The average molecular weight is 685 g/mol. The van der Waals surface area contributed by atoms with Crippen LogP contribution in [0.4, 0.5) is 0 Å². The summed E-state index contributed by atoms with van der Waals surface area (Å²) in [6.45, 7) is 0. The predicted octanol–water partition coefficient (Wildman–Crippen LogP) is 12.4. The molecule has 0 atom stereocenters. The lowest BCUT2D eigenvalue weighted by Crippen LogP contribution is -2.01. The molecule has 3 aromatic heterocycles. The first-order valence-electron chi connectivity index (χ1n) is 17.1. The van der Waals surface area contributed by atoms with Gasteiger partial charge in [0.1, 0.15) is 16.2 Å². The number of hydrogen-bond donors (Lipinski definition) is 0. The van der Waals surface area contributed by atoms with Gasteiger partial charge in [-0.05, 0) is 29.3 Å². The van der Waals surface area contributed by atoms with E-state index in [1.165, 1.54) is 0 Å². The summed E-state index contributed by atoms with van der Waals surface area (Å²) in [7, 11) is 0. The zero-order chi connectivity index (χ0) is 34.4. The summed E-state index contributed by atoms with van der Waals surface area (Å²) in [5.41, 5.74) is 10.7. The van der Waals surface area contributed by atoms with Crippen molar-refractivity contribution in [3.63, 3.8) is 0 Å². The first-order chi connectivity index (χ1) is 25.8. The van der Waals surface area contributed by atoms with Crippen LogP contribution in [0.3, 0.4) is 0 Å². The van der Waals surface area contributed by atoms with Gasteiger partial charge in [-0.15, -0.1) is 11.3 Å². The molecule has 3 heterocycles. The van der Waals surface area contributed by atoms with Crippen molar-refractivity contribution in [2.75, 3.05) is 0 Å². The minimum Gasteiger partial charge on any atom is -0.455 e. The first-order valence-corrected chi connectivity index (χ1v) is 18.0. The number of furan rings is 1. The van der Waals surface area contributed by atoms with E-state index in [0.717, 1.165) is 81.7 Å². The van der Waals surface area contributed by atoms with Crippen LogP contribution in [0.25, 0.3) is 99.1 Å². The van der Waals surface area contributed by atoms with Crippen LogP contribution in [0.2, 0.25) is 0 Å². The normalized spacial score (nSPS) is 11.5. The molecule has 10 aromatic rings. The van der Waals surface area contributed by atoms with Crippen LogP contribution in [-0.2, 0) is 0 Å². The van der Waals surface area contributed by atoms with Gasteiger partial charge in [0.2, 0.25) is 0 Å². The van der Waals surface area contributed by atoms with Crippen LogP contribution in [0.1, 0.15) is 0 Å². The molecule has 0 radical (unpaired) electrons. The molecule has 0 saturated heterocycles. The molecule has 0 spiro atoms. The predicted molar refractivity (Wildman–Crippen MR) is 213 cm³/mol. The number of rotatable bonds is 6. The Morgan fingerprint density at radius 1 is 0.385 bits per heavy atom. The maximum Gasteiger partial charge on any atom is 0.164 e. The Kier molecular flexibility index (Phi) is 7.25. The second kappa shape index (κ2) is 12.5. The van der Waals surface area contributed by atoms with Gasteiger partial charge < -0.3 is 4.42 Å². The van der Waals surface area contributed by atoms with Gasteiger partial charge in [-0.25, -0.2) is 19.9 Å². The number of fused-ring (bicyclic) bond motifs is 4. The summed E-state index contributed by atoms with van der Waals surface area (Å²) in [5, 5.41) is 3.14. The third kappa shape index (κ3) is 5.25. The van der Waals surface area contributed by atoms with Crippen LogP contribution < -0.4 is 0 Å². The van der Waals surface area contributed by atoms with Crippen molar-refractivity contribution in [2.24, 2.45) is 0 Å². The Morgan fingerprint density at radius 3 is 1.67 bits per heavy atom. The molecule has 6 heteroatoms. The minimum absolute atomic E-state index is 0.613. The van der Waals surface area contributed by atoms with Crippen LogP contribution in [0.5, 0.6) is 0 Å². The Labute approximate surface area is 303 Å². The Bertz CT molecular complexity index is 2840. The summed E-state index contributed by atoms with van der Waals surface area (Å²) < 4.78 is 7.92. The molecule has 7 aromatic carbocycles. The van der Waals surface area contributed by atoms with E-state index in [4.69, 9.17) is 24.4 Å². The van der Waals surface area contributed by atoms with E-state index in [-0.39, 0.29) is 0 Å². The number of hydrogen-bond acceptors (Lipinski definition) is 6. The third-order valence-corrected chi connectivity index (χ3v) is 10.5. The van der Waals surface area contributed by atoms with Crippen molar-refractivity contribution in [1.82, 2.24) is 19.9 Å². The van der Waals surface area contributed by atoms with E-state index >= 15 is 0 Å². The fourth-order valence-corrected chi connectivity index (χ4v) is 7.90. The lowest BCUT2D eigenvalue weighted by molar-refractivity contribution is 0.670. The van der Waals surface area contributed by atoms with E-state index in [1.807, 2.05) is 72.8 Å². The van der Waals surface area contributed by atoms with E-state index in [0.29, 0.717) is 17.5 Å². The monoisotopic (exact) mass is 684 g/mol. The average Bonchev–Trinajstić information content (AvgIpc) is 3.84. The quantitative estimate of drug-likeness (QED) is 0.174. The standard InChI is InChI=1S/C46H28N4OS/c1-4-14-29(15-5-1)43-48-44(30-16-6-2-7-17-30)50-45(49-43)38-21-11-10-20-33(38)32-26-27-34-36-23-12-24-37(42(36)51-39(34)28-32)35-22-13-25-40-41(35)47-46(52-40)31-18-8-3-9-19-31/h1-28H. The second-order valence-electron chi connectivity index (χ2n) is 12.6. The van der Waals surface area contributed by atoms with Gasteiger partial charge in [-0.3, -0.25) is 0 Å². The number of nitrogens with zero attached hydrogens (tertiary/aromatic N) is 4. The molecule has 0 bridgehead atoms. The molecular weight excluding hydrogens is 657 g/mol. The number of thiazole rings is 1. The molecule has 0 unspecified atom stereocenters. The first kappa shape index (κ1) is 30.1. The third-order valence-electron chi connectivity index (χ3n) is 9.41. The Balaban J connectivity index is 1.10. The van der Waals surface area contributed by atoms with Crippen molar-refractivity contribution in [3.8, 4) is 67.0 Å². The maximum atomic E-state index is 6.77. The van der Waals surface area contributed by atoms with Gasteiger partial charge in [0.15, 0.2) is 17.5 Å². The molecule has 10 rings (SSSR count). The van der Waals surface area contributed by atoms with Crippen molar-refractivity contribution in [2.45, 2.75) is 0 Å². The van der Waals surface area contributed by atoms with E-state index in [1.54, 1.807) is 11.3 Å². The van der Waals surface area contributed by atoms with Crippen molar-refractivity contribution < 1.29 is 4.42 Å². The van der Waals surface area contributed by atoms with Crippen molar-refractivity contribution >= 4 is 43.5 Å². The molecule has 0 aliphatic carbocycles. The van der Waals surface area contributed by atoms with Gasteiger partial charge >= 0.3 is 0 Å². The Hall–Kier alpha value is -6.76. The zero-order valence-corrected chi connectivity index (χ0v) is 28.6. The number of benzene rings is 7. The van der Waals surface area contributed by atoms with Crippen molar-refractivity contribution in [1.29, 1.82) is 0 Å². The van der Waals surface area contributed by atoms with Gasteiger partial charge in [0, 0.05) is 44.2 Å². The van der Waals surface area contributed by atoms with Gasteiger partial charge in [-0.1, -0.05) is 152 Å². The van der Waals surface area contributed by atoms with E-state index < -0.39 is 0 Å². The largest absolute Gasteiger partial charge is 0.455 e. The van der Waals surface area contributed by atoms with Crippen LogP contribution in [0, 0.1) is 0 Å². The topological polar surface area (TPSA) is 64.7 Å². The highest BCUT2D eigenvalue weighted by atomic mass is 32.1. The molecular formula is C46H28N4OS. The van der Waals surface area contributed by atoms with E-state index in [2.05, 4.69) is 97.1 Å². The molecule has 0 saturated carbocycles. The van der Waals surface area contributed by atoms with Crippen LogP contribution in [-0.4, -0.2) is 19.9 Å². The fraction of sp³-hybridized carbons (Fsp3) is 0. The molecule has 0 aliphatic heterocycles. The summed E-state index contributed by atoms with van der Waals surface area (Å²) in [6.07, 6.45) is 0. The molecule has 0 aliphatic rings. The Morgan fingerprint density at radius 2 is 0.962 bits per heavy atom. The van der Waals surface area contributed by atoms with Gasteiger partial charge in [-0.2, -0.15) is 0 Å². The summed E-state index contributed by atoms with van der Waals surface area (Å²) in [6, 6.07) is 58.0. The SMILES string of the molecule is c1ccc(-c2nc(-c3ccccc3)nc(-c3ccccc3-c3ccc4c(c3)oc3c(-c5cccc6sc(-c7ccccc7)nc56)cccc34)n2)cc1. The second-order valence-corrected chi connectivity index (χ2v) is 13.6. The maximum absolute atomic E-state index is 6.77. The number of aromatic nitrogens is 4. The molecule has 52 heavy (non-hydrogen) atoms. The fourth-order valence-electron chi connectivity index (χ4n) is 6.91. The molecule has 0 fully saturated rings. The molecule has 244 valence electrons. The highest BCUT2D eigenvalue weighted by molar-refractivity contribution is 7.21. The van der Waals surface area contributed by atoms with Crippen molar-refractivity contribution in [3.05, 3.63) is 170 Å². The minimum atomic E-state index is 0.613. The lowest BCUT2D eigenvalue weighted by Gasteiger charge is -2.12. The van der Waals surface area contributed by atoms with Crippen LogP contribution >= 0.6 is 11.3 Å².